The summed E-state index contributed by atoms with van der Waals surface area (Å²) in [5, 5.41) is 3.18. The fourth-order valence-corrected chi connectivity index (χ4v) is 2.21. The van der Waals surface area contributed by atoms with E-state index in [2.05, 4.69) is 5.32 Å². The predicted octanol–water partition coefficient (Wildman–Crippen LogP) is 4.18. The molecule has 0 aliphatic heterocycles. The van der Waals surface area contributed by atoms with Crippen molar-refractivity contribution in [3.8, 4) is 0 Å². The van der Waals surface area contributed by atoms with Crippen molar-refractivity contribution < 1.29 is 17.9 Å². The van der Waals surface area contributed by atoms with Gasteiger partial charge in [-0.1, -0.05) is 12.1 Å². The van der Waals surface area contributed by atoms with E-state index in [1.165, 1.54) is 0 Å². The van der Waals surface area contributed by atoms with E-state index in [9.17, 15) is 13.2 Å². The Morgan fingerprint density at radius 1 is 1.26 bits per heavy atom. The number of hydrogen-bond donors (Lipinski definition) is 1. The number of anilines is 1. The third-order valence-corrected chi connectivity index (χ3v) is 3.88. The molecule has 0 aliphatic rings. The summed E-state index contributed by atoms with van der Waals surface area (Å²) in [4.78, 5) is 0.593. The zero-order valence-corrected chi connectivity index (χ0v) is 11.9. The van der Waals surface area contributed by atoms with Crippen LogP contribution in [0.5, 0.6) is 0 Å². The minimum atomic E-state index is -4.16. The molecule has 0 saturated heterocycles. The predicted molar refractivity (Wildman–Crippen MR) is 72.8 cm³/mol. The lowest BCUT2D eigenvalue weighted by Gasteiger charge is -2.22. The Bertz CT molecular complexity index is 398. The second-order valence-corrected chi connectivity index (χ2v) is 5.29. The van der Waals surface area contributed by atoms with Crippen LogP contribution in [0.25, 0.3) is 0 Å². The van der Waals surface area contributed by atoms with Crippen LogP contribution in [0.4, 0.5) is 18.9 Å². The minimum absolute atomic E-state index is 0.0117. The van der Waals surface area contributed by atoms with Crippen molar-refractivity contribution >= 4 is 17.4 Å². The van der Waals surface area contributed by atoms with Crippen molar-refractivity contribution in [2.45, 2.75) is 37.1 Å². The van der Waals surface area contributed by atoms with Crippen molar-refractivity contribution in [3.63, 3.8) is 0 Å². The molecule has 0 aromatic heterocycles. The first-order valence-corrected chi connectivity index (χ1v) is 6.90. The van der Waals surface area contributed by atoms with E-state index in [1.54, 1.807) is 31.4 Å². The second-order valence-electron chi connectivity index (χ2n) is 4.27. The van der Waals surface area contributed by atoms with E-state index in [-0.39, 0.29) is 12.1 Å². The molecule has 1 N–H and O–H groups in total. The van der Waals surface area contributed by atoms with Gasteiger partial charge in [0.25, 0.3) is 0 Å². The van der Waals surface area contributed by atoms with Crippen LogP contribution >= 0.6 is 11.8 Å². The zero-order chi connectivity index (χ0) is 14.5. The number of thioether (sulfide) groups is 1. The summed E-state index contributed by atoms with van der Waals surface area (Å²) in [7, 11) is 1.60. The van der Waals surface area contributed by atoms with Gasteiger partial charge in [0.15, 0.2) is 0 Å². The molecule has 19 heavy (non-hydrogen) atoms. The number of rotatable bonds is 6. The summed E-state index contributed by atoms with van der Waals surface area (Å²) in [6.07, 6.45) is -4.19. The van der Waals surface area contributed by atoms with E-state index in [1.807, 2.05) is 13.8 Å². The third-order valence-electron chi connectivity index (χ3n) is 2.74. The Morgan fingerprint density at radius 2 is 1.89 bits per heavy atom. The molecule has 0 spiro atoms. The molecule has 0 radical (unpaired) electrons. The summed E-state index contributed by atoms with van der Waals surface area (Å²) < 4.78 is 42.0. The summed E-state index contributed by atoms with van der Waals surface area (Å²) in [5.41, 5.74) is 0.702. The van der Waals surface area contributed by atoms with Gasteiger partial charge < -0.3 is 10.1 Å². The highest BCUT2D eigenvalue weighted by molar-refractivity contribution is 7.99. The summed E-state index contributed by atoms with van der Waals surface area (Å²) in [6.45, 7) is 3.84. The van der Waals surface area contributed by atoms with Gasteiger partial charge in [-0.15, -0.1) is 11.8 Å². The number of hydrogen-bond acceptors (Lipinski definition) is 3. The van der Waals surface area contributed by atoms with Crippen molar-refractivity contribution in [1.29, 1.82) is 0 Å². The van der Waals surface area contributed by atoms with Gasteiger partial charge in [0.05, 0.1) is 11.9 Å². The maximum atomic E-state index is 12.3. The van der Waals surface area contributed by atoms with Crippen molar-refractivity contribution in [2.75, 3.05) is 18.2 Å². The molecule has 2 unspecified atom stereocenters. The van der Waals surface area contributed by atoms with Gasteiger partial charge in [0, 0.05) is 23.7 Å². The average Bonchev–Trinajstić information content (AvgIpc) is 2.35. The van der Waals surface area contributed by atoms with Gasteiger partial charge >= 0.3 is 6.18 Å². The molecule has 0 saturated carbocycles. The Labute approximate surface area is 115 Å². The molecule has 108 valence electrons. The van der Waals surface area contributed by atoms with Gasteiger partial charge in [0.2, 0.25) is 0 Å². The van der Waals surface area contributed by atoms with E-state index < -0.39 is 11.9 Å². The molecule has 0 bridgehead atoms. The first-order chi connectivity index (χ1) is 8.83. The molecule has 0 amide bonds. The fraction of sp³-hybridized carbons (Fsp3) is 0.538. The second kappa shape index (κ2) is 7.05. The lowest BCUT2D eigenvalue weighted by atomic mass is 10.2. The van der Waals surface area contributed by atoms with Crippen LogP contribution in [0.15, 0.2) is 29.2 Å². The number of ether oxygens (including phenoxy) is 1. The molecule has 1 aromatic rings. The number of para-hydroxylation sites is 1. The largest absolute Gasteiger partial charge is 0.398 e. The van der Waals surface area contributed by atoms with Crippen LogP contribution in [0.2, 0.25) is 0 Å². The molecule has 2 nitrogen and oxygen atoms in total. The van der Waals surface area contributed by atoms with Gasteiger partial charge in [-0.05, 0) is 26.0 Å². The van der Waals surface area contributed by atoms with Crippen LogP contribution in [-0.4, -0.2) is 31.2 Å². The first kappa shape index (κ1) is 16.2. The van der Waals surface area contributed by atoms with Crippen molar-refractivity contribution in [3.05, 3.63) is 24.3 Å². The summed E-state index contributed by atoms with van der Waals surface area (Å²) in [6, 6.07) is 7.00. The molecule has 0 fully saturated rings. The van der Waals surface area contributed by atoms with Crippen LogP contribution in [-0.2, 0) is 4.74 Å². The Balaban J connectivity index is 2.73. The van der Waals surface area contributed by atoms with Gasteiger partial charge in [-0.2, -0.15) is 13.2 Å². The maximum Gasteiger partial charge on any atom is 0.398 e. The Kier molecular flexibility index (Phi) is 6.00. The normalized spacial score (nSPS) is 15.1. The standard InChI is InChI=1S/C13H18F3NOS/c1-9(10(2)18-3)17-11-6-4-5-7-12(11)19-8-13(14,15)16/h4-7,9-10,17H,8H2,1-3H3. The molecule has 0 aliphatic carbocycles. The highest BCUT2D eigenvalue weighted by atomic mass is 32.2. The van der Waals surface area contributed by atoms with Gasteiger partial charge in [0.1, 0.15) is 0 Å². The zero-order valence-electron chi connectivity index (χ0n) is 11.1. The van der Waals surface area contributed by atoms with Crippen LogP contribution in [0.3, 0.4) is 0 Å². The topological polar surface area (TPSA) is 21.3 Å². The molecule has 1 rings (SSSR count). The number of methoxy groups -OCH3 is 1. The molecular formula is C13H18F3NOS. The molecule has 0 heterocycles. The fourth-order valence-electron chi connectivity index (χ4n) is 1.44. The smallest absolute Gasteiger partial charge is 0.380 e. The summed E-state index contributed by atoms with van der Waals surface area (Å²) >= 11 is 0.787. The average molecular weight is 293 g/mol. The van der Waals surface area contributed by atoms with Crippen molar-refractivity contribution in [2.24, 2.45) is 0 Å². The van der Waals surface area contributed by atoms with Crippen LogP contribution in [0.1, 0.15) is 13.8 Å². The number of halogens is 3. The lowest BCUT2D eigenvalue weighted by molar-refractivity contribution is -0.105. The van der Waals surface area contributed by atoms with E-state index in [0.717, 1.165) is 11.8 Å². The van der Waals surface area contributed by atoms with Crippen LogP contribution < -0.4 is 5.32 Å². The van der Waals surface area contributed by atoms with Crippen molar-refractivity contribution in [1.82, 2.24) is 0 Å². The molecule has 2 atom stereocenters. The maximum absolute atomic E-state index is 12.3. The highest BCUT2D eigenvalue weighted by Crippen LogP contribution is 2.32. The Hall–Kier alpha value is -0.880. The number of nitrogens with one attached hydrogen (secondary N) is 1. The molecule has 1 aromatic carbocycles. The molecule has 6 heteroatoms. The minimum Gasteiger partial charge on any atom is -0.380 e. The van der Waals surface area contributed by atoms with Crippen LogP contribution in [0, 0.1) is 0 Å². The Morgan fingerprint density at radius 3 is 2.47 bits per heavy atom. The summed E-state index contributed by atoms with van der Waals surface area (Å²) in [5.74, 6) is -0.889. The SMILES string of the molecule is COC(C)C(C)Nc1ccccc1SCC(F)(F)F. The highest BCUT2D eigenvalue weighted by Gasteiger charge is 2.27. The monoisotopic (exact) mass is 293 g/mol. The van der Waals surface area contributed by atoms with Gasteiger partial charge in [-0.25, -0.2) is 0 Å². The quantitative estimate of drug-likeness (QED) is 0.795. The van der Waals surface area contributed by atoms with E-state index in [0.29, 0.717) is 10.6 Å². The van der Waals surface area contributed by atoms with E-state index in [4.69, 9.17) is 4.74 Å². The third kappa shape index (κ3) is 5.74. The number of benzene rings is 1. The van der Waals surface area contributed by atoms with E-state index >= 15 is 0 Å². The first-order valence-electron chi connectivity index (χ1n) is 5.91. The number of alkyl halides is 3. The van der Waals surface area contributed by atoms with Gasteiger partial charge in [-0.3, -0.25) is 0 Å². The molecular weight excluding hydrogens is 275 g/mol. The lowest BCUT2D eigenvalue weighted by Crippen LogP contribution is -2.29.